The van der Waals surface area contributed by atoms with Crippen molar-refractivity contribution in [3.8, 4) is 5.75 Å². The van der Waals surface area contributed by atoms with Crippen molar-refractivity contribution in [1.82, 2.24) is 5.32 Å². The number of fused-ring (bicyclic) bond motifs is 1. The van der Waals surface area contributed by atoms with Gasteiger partial charge in [0.1, 0.15) is 11.6 Å². The van der Waals surface area contributed by atoms with Gasteiger partial charge in [0, 0.05) is 6.42 Å². The van der Waals surface area contributed by atoms with Crippen LogP contribution in [0.15, 0.2) is 42.5 Å². The summed E-state index contributed by atoms with van der Waals surface area (Å²) in [7, 11) is 0. The standard InChI is InChI=1S/C18H20FNO/c19-17-4-2-1-3-15(17)8-11-20-10-7-14-5-6-18-16(13-14)9-12-21-18/h1-6,13,20H,7-12H2. The number of halogens is 1. The molecule has 0 aromatic heterocycles. The number of rotatable bonds is 6. The number of hydrogen-bond donors (Lipinski definition) is 1. The average Bonchev–Trinajstić information content (AvgIpc) is 2.96. The summed E-state index contributed by atoms with van der Waals surface area (Å²) in [6.45, 7) is 2.52. The fourth-order valence-corrected chi connectivity index (χ4v) is 2.68. The van der Waals surface area contributed by atoms with E-state index in [-0.39, 0.29) is 5.82 Å². The zero-order chi connectivity index (χ0) is 14.5. The molecule has 0 radical (unpaired) electrons. The van der Waals surface area contributed by atoms with Crippen LogP contribution in [0.3, 0.4) is 0 Å². The van der Waals surface area contributed by atoms with Crippen molar-refractivity contribution in [3.05, 3.63) is 65.0 Å². The molecule has 110 valence electrons. The molecule has 3 rings (SSSR count). The van der Waals surface area contributed by atoms with Crippen LogP contribution in [0.1, 0.15) is 16.7 Å². The monoisotopic (exact) mass is 285 g/mol. The third kappa shape index (κ3) is 3.61. The second-order valence-corrected chi connectivity index (χ2v) is 5.38. The Hall–Kier alpha value is -1.87. The van der Waals surface area contributed by atoms with E-state index in [1.165, 1.54) is 17.2 Å². The van der Waals surface area contributed by atoms with Crippen LogP contribution < -0.4 is 10.1 Å². The van der Waals surface area contributed by atoms with Gasteiger partial charge in [0.05, 0.1) is 6.61 Å². The zero-order valence-electron chi connectivity index (χ0n) is 12.1. The summed E-state index contributed by atoms with van der Waals surface area (Å²) in [6.07, 6.45) is 2.74. The van der Waals surface area contributed by atoms with Crippen molar-refractivity contribution in [2.45, 2.75) is 19.3 Å². The fraction of sp³-hybridized carbons (Fsp3) is 0.333. The van der Waals surface area contributed by atoms with Crippen LogP contribution in [0.25, 0.3) is 0 Å². The number of hydrogen-bond acceptors (Lipinski definition) is 2. The Morgan fingerprint density at radius 1 is 1.05 bits per heavy atom. The van der Waals surface area contributed by atoms with Crippen molar-refractivity contribution in [1.29, 1.82) is 0 Å². The molecule has 1 aliphatic heterocycles. The Morgan fingerprint density at radius 3 is 2.81 bits per heavy atom. The van der Waals surface area contributed by atoms with Gasteiger partial charge in [-0.05, 0) is 54.8 Å². The minimum Gasteiger partial charge on any atom is -0.493 e. The number of benzene rings is 2. The van der Waals surface area contributed by atoms with Crippen LogP contribution >= 0.6 is 0 Å². The van der Waals surface area contributed by atoms with Gasteiger partial charge in [0.25, 0.3) is 0 Å². The van der Waals surface area contributed by atoms with Gasteiger partial charge in [-0.1, -0.05) is 30.3 Å². The van der Waals surface area contributed by atoms with Crippen LogP contribution in [-0.4, -0.2) is 19.7 Å². The molecule has 1 N–H and O–H groups in total. The molecule has 0 atom stereocenters. The largest absolute Gasteiger partial charge is 0.493 e. The maximum atomic E-state index is 13.5. The zero-order valence-corrected chi connectivity index (χ0v) is 12.1. The molecule has 1 heterocycles. The molecule has 0 fully saturated rings. The topological polar surface area (TPSA) is 21.3 Å². The fourth-order valence-electron chi connectivity index (χ4n) is 2.68. The normalized spacial score (nSPS) is 13.0. The molecule has 2 nitrogen and oxygen atoms in total. The summed E-state index contributed by atoms with van der Waals surface area (Å²) >= 11 is 0. The number of ether oxygens (including phenoxy) is 1. The molecule has 0 saturated carbocycles. The van der Waals surface area contributed by atoms with Crippen LogP contribution in [0.2, 0.25) is 0 Å². The van der Waals surface area contributed by atoms with E-state index in [0.29, 0.717) is 0 Å². The lowest BCUT2D eigenvalue weighted by Crippen LogP contribution is -2.20. The second kappa shape index (κ2) is 6.72. The van der Waals surface area contributed by atoms with Gasteiger partial charge in [-0.3, -0.25) is 0 Å². The van der Waals surface area contributed by atoms with Gasteiger partial charge in [-0.2, -0.15) is 0 Å². The quantitative estimate of drug-likeness (QED) is 0.823. The highest BCUT2D eigenvalue weighted by atomic mass is 19.1. The molecule has 0 saturated heterocycles. The molecule has 2 aromatic rings. The highest BCUT2D eigenvalue weighted by molar-refractivity contribution is 5.39. The van der Waals surface area contributed by atoms with E-state index in [4.69, 9.17) is 4.74 Å². The molecular formula is C18H20FNO. The highest BCUT2D eigenvalue weighted by Gasteiger charge is 2.11. The summed E-state index contributed by atoms with van der Waals surface area (Å²) in [5.41, 5.74) is 3.43. The first-order chi connectivity index (χ1) is 10.3. The molecule has 0 aliphatic carbocycles. The van der Waals surface area contributed by atoms with E-state index < -0.39 is 0 Å². The van der Waals surface area contributed by atoms with Crippen molar-refractivity contribution < 1.29 is 9.13 Å². The van der Waals surface area contributed by atoms with Crippen molar-refractivity contribution in [2.75, 3.05) is 19.7 Å². The molecule has 3 heteroatoms. The Balaban J connectivity index is 1.41. The van der Waals surface area contributed by atoms with E-state index >= 15 is 0 Å². The van der Waals surface area contributed by atoms with Crippen LogP contribution in [-0.2, 0) is 19.3 Å². The minimum atomic E-state index is -0.113. The number of nitrogens with one attached hydrogen (secondary N) is 1. The van der Waals surface area contributed by atoms with Crippen LogP contribution in [0.4, 0.5) is 4.39 Å². The van der Waals surface area contributed by atoms with E-state index in [0.717, 1.165) is 50.3 Å². The molecule has 0 amide bonds. The lowest BCUT2D eigenvalue weighted by molar-refractivity contribution is 0.357. The SMILES string of the molecule is Fc1ccccc1CCNCCc1ccc2c(c1)CCO2. The summed E-state index contributed by atoms with van der Waals surface area (Å²) < 4.78 is 19.0. The smallest absolute Gasteiger partial charge is 0.126 e. The molecule has 0 unspecified atom stereocenters. The molecule has 0 spiro atoms. The Bertz CT molecular complexity index is 612. The lowest BCUT2D eigenvalue weighted by Gasteiger charge is -2.07. The van der Waals surface area contributed by atoms with Gasteiger partial charge in [-0.15, -0.1) is 0 Å². The van der Waals surface area contributed by atoms with Crippen LogP contribution in [0, 0.1) is 5.82 Å². The lowest BCUT2D eigenvalue weighted by atomic mass is 10.1. The highest BCUT2D eigenvalue weighted by Crippen LogP contribution is 2.25. The van der Waals surface area contributed by atoms with Crippen molar-refractivity contribution in [3.63, 3.8) is 0 Å². The van der Waals surface area contributed by atoms with Gasteiger partial charge in [0.2, 0.25) is 0 Å². The van der Waals surface area contributed by atoms with Gasteiger partial charge in [0.15, 0.2) is 0 Å². The summed E-state index contributed by atoms with van der Waals surface area (Å²) in [6, 6.07) is 13.4. The van der Waals surface area contributed by atoms with E-state index in [9.17, 15) is 4.39 Å². The van der Waals surface area contributed by atoms with E-state index in [1.54, 1.807) is 6.07 Å². The first-order valence-electron chi connectivity index (χ1n) is 7.51. The van der Waals surface area contributed by atoms with Gasteiger partial charge < -0.3 is 10.1 Å². The molecular weight excluding hydrogens is 265 g/mol. The third-order valence-corrected chi connectivity index (χ3v) is 3.87. The van der Waals surface area contributed by atoms with Gasteiger partial charge >= 0.3 is 0 Å². The third-order valence-electron chi connectivity index (χ3n) is 3.87. The van der Waals surface area contributed by atoms with E-state index in [1.807, 2.05) is 12.1 Å². The van der Waals surface area contributed by atoms with Crippen LogP contribution in [0.5, 0.6) is 5.75 Å². The molecule has 21 heavy (non-hydrogen) atoms. The summed E-state index contributed by atoms with van der Waals surface area (Å²) in [5, 5.41) is 3.38. The average molecular weight is 285 g/mol. The molecule has 1 aliphatic rings. The Morgan fingerprint density at radius 2 is 1.90 bits per heavy atom. The van der Waals surface area contributed by atoms with Gasteiger partial charge in [-0.25, -0.2) is 4.39 Å². The minimum absolute atomic E-state index is 0.113. The molecule has 2 aromatic carbocycles. The first kappa shape index (κ1) is 14.1. The summed E-state index contributed by atoms with van der Waals surface area (Å²) in [5.74, 6) is 0.921. The maximum absolute atomic E-state index is 13.5. The van der Waals surface area contributed by atoms with Crippen molar-refractivity contribution >= 4 is 0 Å². The predicted molar refractivity (Wildman–Crippen MR) is 82.3 cm³/mol. The maximum Gasteiger partial charge on any atom is 0.126 e. The Labute approximate surface area is 125 Å². The van der Waals surface area contributed by atoms with Crippen molar-refractivity contribution in [2.24, 2.45) is 0 Å². The Kier molecular flexibility index (Phi) is 4.51. The second-order valence-electron chi connectivity index (χ2n) is 5.38. The summed E-state index contributed by atoms with van der Waals surface area (Å²) in [4.78, 5) is 0. The predicted octanol–water partition coefficient (Wildman–Crippen LogP) is 3.14. The first-order valence-corrected chi connectivity index (χ1v) is 7.51. The van der Waals surface area contributed by atoms with E-state index in [2.05, 4.69) is 23.5 Å². The molecule has 0 bridgehead atoms.